The molecule has 1 aromatic carbocycles. The molecule has 0 saturated heterocycles. The smallest absolute Gasteiger partial charge is 0.335 e. The van der Waals surface area contributed by atoms with Crippen molar-refractivity contribution >= 4 is 23.4 Å². The molecule has 0 fully saturated rings. The van der Waals surface area contributed by atoms with Crippen LogP contribution in [0.2, 0.25) is 0 Å². The van der Waals surface area contributed by atoms with Gasteiger partial charge in [0.05, 0.1) is 10.5 Å². The summed E-state index contributed by atoms with van der Waals surface area (Å²) in [5, 5.41) is 24.6. The van der Waals surface area contributed by atoms with E-state index in [-0.39, 0.29) is 11.3 Å². The molecule has 0 atom stereocenters. The van der Waals surface area contributed by atoms with Gasteiger partial charge in [-0.25, -0.2) is 4.79 Å². The largest absolute Gasteiger partial charge is 0.478 e. The lowest BCUT2D eigenvalue weighted by Crippen LogP contribution is -1.96. The van der Waals surface area contributed by atoms with Gasteiger partial charge in [-0.05, 0) is 30.7 Å². The molecule has 110 valence electrons. The highest BCUT2D eigenvalue weighted by atomic mass is 32.2. The molecule has 1 N–H and O–H groups in total. The predicted molar refractivity (Wildman–Crippen MR) is 76.8 cm³/mol. The third-order valence-corrected chi connectivity index (χ3v) is 4.03. The van der Waals surface area contributed by atoms with Gasteiger partial charge in [0, 0.05) is 11.9 Å². The van der Waals surface area contributed by atoms with Gasteiger partial charge in [-0.2, -0.15) is 5.10 Å². The number of benzene rings is 1. The van der Waals surface area contributed by atoms with E-state index in [1.807, 2.05) is 6.92 Å². The van der Waals surface area contributed by atoms with Crippen LogP contribution >= 0.6 is 11.8 Å². The van der Waals surface area contributed by atoms with Crippen LogP contribution in [0.15, 0.2) is 34.2 Å². The van der Waals surface area contributed by atoms with Crippen LogP contribution in [0.3, 0.4) is 0 Å². The number of carboxylic acid groups (broad SMARTS) is 1. The molecule has 0 aliphatic rings. The summed E-state index contributed by atoms with van der Waals surface area (Å²) >= 11 is 1.19. The van der Waals surface area contributed by atoms with E-state index in [0.717, 1.165) is 0 Å². The van der Waals surface area contributed by atoms with Gasteiger partial charge in [0.1, 0.15) is 5.69 Å². The molecule has 0 aliphatic carbocycles. The SMILES string of the molecule is CCc1nn(C)c(Sc2ccc(C(=O)O)cc2)c1[N+](=O)[O-]. The number of nitro groups is 1. The van der Waals surface area contributed by atoms with Gasteiger partial charge in [0.15, 0.2) is 5.03 Å². The lowest BCUT2D eigenvalue weighted by atomic mass is 10.2. The minimum absolute atomic E-state index is 0.00677. The Bertz CT molecular complexity index is 694. The second-order valence-corrected chi connectivity index (χ2v) is 5.33. The van der Waals surface area contributed by atoms with Gasteiger partial charge in [0.2, 0.25) is 0 Å². The van der Waals surface area contributed by atoms with Crippen molar-refractivity contribution in [2.24, 2.45) is 7.05 Å². The zero-order chi connectivity index (χ0) is 15.6. The van der Waals surface area contributed by atoms with Gasteiger partial charge in [-0.15, -0.1) is 0 Å². The third kappa shape index (κ3) is 3.05. The topological polar surface area (TPSA) is 98.3 Å². The molecule has 0 saturated carbocycles. The lowest BCUT2D eigenvalue weighted by Gasteiger charge is -2.02. The van der Waals surface area contributed by atoms with Crippen molar-refractivity contribution in [2.45, 2.75) is 23.3 Å². The fraction of sp³-hybridized carbons (Fsp3) is 0.231. The number of hydrogen-bond acceptors (Lipinski definition) is 5. The number of carbonyl (C=O) groups is 1. The van der Waals surface area contributed by atoms with Gasteiger partial charge >= 0.3 is 11.7 Å². The molecule has 8 heteroatoms. The van der Waals surface area contributed by atoms with Crippen molar-refractivity contribution in [1.29, 1.82) is 0 Å². The standard InChI is InChI=1S/C13H13N3O4S/c1-3-10-11(16(19)20)12(15(2)14-10)21-9-6-4-8(5-7-9)13(17)18/h4-7H,3H2,1-2H3,(H,17,18). The van der Waals surface area contributed by atoms with Crippen LogP contribution in [0.25, 0.3) is 0 Å². The summed E-state index contributed by atoms with van der Waals surface area (Å²) in [6.45, 7) is 1.81. The van der Waals surface area contributed by atoms with E-state index in [2.05, 4.69) is 5.10 Å². The minimum atomic E-state index is -1.01. The highest BCUT2D eigenvalue weighted by molar-refractivity contribution is 7.99. The van der Waals surface area contributed by atoms with E-state index in [1.165, 1.54) is 28.6 Å². The number of aryl methyl sites for hydroxylation is 2. The molecule has 1 heterocycles. The highest BCUT2D eigenvalue weighted by Crippen LogP contribution is 2.36. The second-order valence-electron chi connectivity index (χ2n) is 4.27. The number of carboxylic acids is 1. The Morgan fingerprint density at radius 1 is 1.43 bits per heavy atom. The van der Waals surface area contributed by atoms with Crippen molar-refractivity contribution in [3.8, 4) is 0 Å². The molecule has 0 radical (unpaired) electrons. The first-order chi connectivity index (χ1) is 9.93. The van der Waals surface area contributed by atoms with Crippen LogP contribution in [0.1, 0.15) is 23.0 Å². The van der Waals surface area contributed by atoms with Crippen LogP contribution in [-0.4, -0.2) is 25.8 Å². The number of aromatic nitrogens is 2. The molecule has 2 aromatic rings. The Morgan fingerprint density at radius 3 is 2.52 bits per heavy atom. The summed E-state index contributed by atoms with van der Waals surface area (Å²) in [6, 6.07) is 6.17. The van der Waals surface area contributed by atoms with Gasteiger partial charge in [0.25, 0.3) is 0 Å². The van der Waals surface area contributed by atoms with Crippen molar-refractivity contribution in [3.05, 3.63) is 45.6 Å². The van der Waals surface area contributed by atoms with Crippen LogP contribution in [0.5, 0.6) is 0 Å². The number of aromatic carboxylic acids is 1. The first-order valence-electron chi connectivity index (χ1n) is 6.15. The molecule has 1 aromatic heterocycles. The minimum Gasteiger partial charge on any atom is -0.478 e. The maximum atomic E-state index is 11.2. The summed E-state index contributed by atoms with van der Waals surface area (Å²) < 4.78 is 1.48. The Balaban J connectivity index is 2.37. The monoisotopic (exact) mass is 307 g/mol. The van der Waals surface area contributed by atoms with Crippen LogP contribution in [0, 0.1) is 10.1 Å². The van der Waals surface area contributed by atoms with E-state index in [1.54, 1.807) is 19.2 Å². The quantitative estimate of drug-likeness (QED) is 0.673. The maximum absolute atomic E-state index is 11.2. The van der Waals surface area contributed by atoms with Crippen molar-refractivity contribution in [1.82, 2.24) is 9.78 Å². The molecule has 0 amide bonds. The zero-order valence-corrected chi connectivity index (χ0v) is 12.3. The highest BCUT2D eigenvalue weighted by Gasteiger charge is 2.26. The van der Waals surface area contributed by atoms with E-state index in [4.69, 9.17) is 5.11 Å². The van der Waals surface area contributed by atoms with Gasteiger partial charge in [-0.1, -0.05) is 18.7 Å². The average molecular weight is 307 g/mol. The fourth-order valence-corrected chi connectivity index (χ4v) is 2.82. The average Bonchev–Trinajstić information content (AvgIpc) is 2.76. The van der Waals surface area contributed by atoms with E-state index >= 15 is 0 Å². The summed E-state index contributed by atoms with van der Waals surface area (Å²) in [4.78, 5) is 22.3. The molecule has 0 spiro atoms. The number of hydrogen-bond donors (Lipinski definition) is 1. The third-order valence-electron chi connectivity index (χ3n) is 2.87. The number of rotatable bonds is 5. The second kappa shape index (κ2) is 5.96. The summed E-state index contributed by atoms with van der Waals surface area (Å²) in [7, 11) is 1.65. The van der Waals surface area contributed by atoms with Crippen molar-refractivity contribution in [2.75, 3.05) is 0 Å². The van der Waals surface area contributed by atoms with E-state index in [9.17, 15) is 14.9 Å². The summed E-state index contributed by atoms with van der Waals surface area (Å²) in [5.74, 6) is -1.01. The van der Waals surface area contributed by atoms with Gasteiger partial charge in [-0.3, -0.25) is 14.8 Å². The van der Waals surface area contributed by atoms with Crippen LogP contribution in [-0.2, 0) is 13.5 Å². The molecule has 21 heavy (non-hydrogen) atoms. The Kier molecular flexibility index (Phi) is 4.27. The molecule has 0 aliphatic heterocycles. The van der Waals surface area contributed by atoms with Gasteiger partial charge < -0.3 is 5.11 Å². The fourth-order valence-electron chi connectivity index (χ4n) is 1.86. The predicted octanol–water partition coefficient (Wildman–Crippen LogP) is 2.74. The molecular weight excluding hydrogens is 294 g/mol. The Hall–Kier alpha value is -2.35. The first-order valence-corrected chi connectivity index (χ1v) is 6.97. The van der Waals surface area contributed by atoms with E-state index in [0.29, 0.717) is 22.0 Å². The van der Waals surface area contributed by atoms with Crippen LogP contribution in [0.4, 0.5) is 5.69 Å². The summed E-state index contributed by atoms with van der Waals surface area (Å²) in [6.07, 6.45) is 0.475. The van der Waals surface area contributed by atoms with Crippen LogP contribution < -0.4 is 0 Å². The van der Waals surface area contributed by atoms with Crippen molar-refractivity contribution < 1.29 is 14.8 Å². The Labute approximate surface area is 124 Å². The number of nitrogens with zero attached hydrogens (tertiary/aromatic N) is 3. The normalized spacial score (nSPS) is 10.6. The van der Waals surface area contributed by atoms with E-state index < -0.39 is 10.9 Å². The zero-order valence-electron chi connectivity index (χ0n) is 11.4. The molecule has 7 nitrogen and oxygen atoms in total. The molecular formula is C13H13N3O4S. The van der Waals surface area contributed by atoms with Crippen molar-refractivity contribution in [3.63, 3.8) is 0 Å². The molecule has 2 rings (SSSR count). The molecule has 0 unspecified atom stereocenters. The summed E-state index contributed by atoms with van der Waals surface area (Å²) in [5.41, 5.74) is 0.618. The first kappa shape index (κ1) is 15.0. The lowest BCUT2D eigenvalue weighted by molar-refractivity contribution is -0.388. The maximum Gasteiger partial charge on any atom is 0.335 e. The molecule has 0 bridgehead atoms. The Morgan fingerprint density at radius 2 is 2.05 bits per heavy atom.